The average molecular weight is 237 g/mol. The number of hydrogen-bond donors (Lipinski definition) is 0. The van der Waals surface area contributed by atoms with E-state index in [2.05, 4.69) is 18.8 Å². The van der Waals surface area contributed by atoms with Crippen LogP contribution in [-0.2, 0) is 9.47 Å². The van der Waals surface area contributed by atoms with E-state index in [4.69, 9.17) is 14.2 Å². The molecule has 0 aliphatic carbocycles. The van der Waals surface area contributed by atoms with Gasteiger partial charge in [-0.25, -0.2) is 4.98 Å². The molecule has 2 heterocycles. The summed E-state index contributed by atoms with van der Waals surface area (Å²) in [6.07, 6.45) is 0.0215. The second-order valence-corrected chi connectivity index (χ2v) is 4.43. The molecule has 0 radical (unpaired) electrons. The van der Waals surface area contributed by atoms with Gasteiger partial charge in [0.05, 0.1) is 19.8 Å². The molecule has 1 aliphatic rings. The van der Waals surface area contributed by atoms with Gasteiger partial charge in [0.15, 0.2) is 0 Å². The Hall–Kier alpha value is -1.13. The van der Waals surface area contributed by atoms with E-state index in [9.17, 15) is 0 Å². The van der Waals surface area contributed by atoms with E-state index >= 15 is 0 Å². The highest BCUT2D eigenvalue weighted by molar-refractivity contribution is 5.17. The van der Waals surface area contributed by atoms with Gasteiger partial charge in [-0.05, 0) is 12.0 Å². The van der Waals surface area contributed by atoms with Crippen LogP contribution in [0.15, 0.2) is 18.2 Å². The number of nitrogens with zero attached hydrogens (tertiary/aromatic N) is 1. The Balaban J connectivity index is 1.87. The van der Waals surface area contributed by atoms with Crippen molar-refractivity contribution in [1.29, 1.82) is 0 Å². The van der Waals surface area contributed by atoms with Crippen molar-refractivity contribution in [3.8, 4) is 5.88 Å². The summed E-state index contributed by atoms with van der Waals surface area (Å²) in [6.45, 7) is 6.65. The first kappa shape index (κ1) is 12.3. The van der Waals surface area contributed by atoms with Crippen LogP contribution in [0.3, 0.4) is 0 Å². The highest BCUT2D eigenvalue weighted by Crippen LogP contribution is 2.15. The van der Waals surface area contributed by atoms with Crippen LogP contribution in [0.2, 0.25) is 0 Å². The minimum absolute atomic E-state index is 0.0215. The Kier molecular flexibility index (Phi) is 4.34. The number of aromatic nitrogens is 1. The predicted molar refractivity (Wildman–Crippen MR) is 64.4 cm³/mol. The highest BCUT2D eigenvalue weighted by atomic mass is 16.6. The van der Waals surface area contributed by atoms with Crippen molar-refractivity contribution >= 4 is 0 Å². The molecule has 0 spiro atoms. The molecule has 94 valence electrons. The van der Waals surface area contributed by atoms with E-state index in [1.807, 2.05) is 18.2 Å². The summed E-state index contributed by atoms with van der Waals surface area (Å²) >= 11 is 0. The lowest BCUT2D eigenvalue weighted by Crippen LogP contribution is -2.33. The van der Waals surface area contributed by atoms with E-state index in [0.717, 1.165) is 5.69 Å². The summed E-state index contributed by atoms with van der Waals surface area (Å²) < 4.78 is 16.4. The van der Waals surface area contributed by atoms with Crippen LogP contribution in [0, 0.1) is 0 Å². The van der Waals surface area contributed by atoms with Crippen LogP contribution in [0.25, 0.3) is 0 Å². The molecule has 1 fully saturated rings. The molecule has 1 saturated heterocycles. The molecule has 4 nitrogen and oxygen atoms in total. The Labute approximate surface area is 102 Å². The third-order valence-corrected chi connectivity index (χ3v) is 2.64. The van der Waals surface area contributed by atoms with Crippen molar-refractivity contribution in [3.63, 3.8) is 0 Å². The average Bonchev–Trinajstić information content (AvgIpc) is 2.38. The van der Waals surface area contributed by atoms with Crippen molar-refractivity contribution in [2.24, 2.45) is 0 Å². The highest BCUT2D eigenvalue weighted by Gasteiger charge is 2.15. The maximum absolute atomic E-state index is 5.62. The summed E-state index contributed by atoms with van der Waals surface area (Å²) in [7, 11) is 0. The fraction of sp³-hybridized carbons (Fsp3) is 0.615. The van der Waals surface area contributed by atoms with Gasteiger partial charge in [0, 0.05) is 11.8 Å². The summed E-state index contributed by atoms with van der Waals surface area (Å²) in [5, 5.41) is 0. The largest absolute Gasteiger partial charge is 0.475 e. The monoisotopic (exact) mass is 237 g/mol. The zero-order chi connectivity index (χ0) is 12.1. The Morgan fingerprint density at radius 3 is 3.00 bits per heavy atom. The van der Waals surface area contributed by atoms with E-state index in [-0.39, 0.29) is 6.10 Å². The molecular formula is C13H19NO3. The topological polar surface area (TPSA) is 40.6 Å². The minimum Gasteiger partial charge on any atom is -0.475 e. The summed E-state index contributed by atoms with van der Waals surface area (Å²) in [4.78, 5) is 4.44. The van der Waals surface area contributed by atoms with Crippen LogP contribution in [0.5, 0.6) is 5.88 Å². The third kappa shape index (κ3) is 3.68. The van der Waals surface area contributed by atoms with Gasteiger partial charge in [0.2, 0.25) is 5.88 Å². The molecule has 4 heteroatoms. The number of rotatable bonds is 4. The van der Waals surface area contributed by atoms with E-state index < -0.39 is 0 Å². The molecule has 0 saturated carbocycles. The second kappa shape index (κ2) is 5.98. The van der Waals surface area contributed by atoms with Crippen molar-refractivity contribution in [2.45, 2.75) is 25.9 Å². The standard InChI is InChI=1S/C13H19NO3/c1-10(2)12-4-3-5-13(14-12)17-9-11-8-15-6-7-16-11/h3-5,10-11H,6-9H2,1-2H3/t11-/m0/s1. The summed E-state index contributed by atoms with van der Waals surface area (Å²) in [6, 6.07) is 5.85. The summed E-state index contributed by atoms with van der Waals surface area (Å²) in [5.41, 5.74) is 1.04. The van der Waals surface area contributed by atoms with Gasteiger partial charge in [-0.1, -0.05) is 19.9 Å². The molecule has 2 rings (SSSR count). The quantitative estimate of drug-likeness (QED) is 0.803. The number of ether oxygens (including phenoxy) is 3. The van der Waals surface area contributed by atoms with Gasteiger partial charge < -0.3 is 14.2 Å². The van der Waals surface area contributed by atoms with Crippen LogP contribution in [-0.4, -0.2) is 37.5 Å². The molecule has 0 bridgehead atoms. The zero-order valence-corrected chi connectivity index (χ0v) is 10.4. The van der Waals surface area contributed by atoms with Crippen LogP contribution in [0.1, 0.15) is 25.5 Å². The van der Waals surface area contributed by atoms with Crippen molar-refractivity contribution < 1.29 is 14.2 Å². The van der Waals surface area contributed by atoms with Crippen LogP contribution < -0.4 is 4.74 Å². The molecule has 0 N–H and O–H groups in total. The SMILES string of the molecule is CC(C)c1cccc(OC[C@@H]2COCCO2)n1. The molecule has 0 unspecified atom stereocenters. The van der Waals surface area contributed by atoms with E-state index in [1.165, 1.54) is 0 Å². The predicted octanol–water partition coefficient (Wildman–Crippen LogP) is 2.00. The first-order valence-corrected chi connectivity index (χ1v) is 6.05. The minimum atomic E-state index is 0.0215. The number of hydrogen-bond acceptors (Lipinski definition) is 4. The summed E-state index contributed by atoms with van der Waals surface area (Å²) in [5.74, 6) is 1.07. The Bertz CT molecular complexity index is 348. The lowest BCUT2D eigenvalue weighted by Gasteiger charge is -2.22. The fourth-order valence-electron chi connectivity index (χ4n) is 1.64. The molecule has 0 aromatic carbocycles. The fourth-order valence-corrected chi connectivity index (χ4v) is 1.64. The lowest BCUT2D eigenvalue weighted by atomic mass is 10.1. The van der Waals surface area contributed by atoms with Crippen LogP contribution in [0.4, 0.5) is 0 Å². The molecule has 17 heavy (non-hydrogen) atoms. The van der Waals surface area contributed by atoms with Gasteiger partial charge in [0.25, 0.3) is 0 Å². The second-order valence-electron chi connectivity index (χ2n) is 4.43. The van der Waals surface area contributed by atoms with E-state index in [0.29, 0.717) is 38.2 Å². The van der Waals surface area contributed by atoms with Gasteiger partial charge >= 0.3 is 0 Å². The molecular weight excluding hydrogens is 218 g/mol. The normalized spacial score (nSPS) is 20.5. The van der Waals surface area contributed by atoms with Gasteiger partial charge in [-0.15, -0.1) is 0 Å². The maximum atomic E-state index is 5.62. The van der Waals surface area contributed by atoms with Crippen molar-refractivity contribution in [1.82, 2.24) is 4.98 Å². The maximum Gasteiger partial charge on any atom is 0.213 e. The van der Waals surface area contributed by atoms with Gasteiger partial charge in [-0.3, -0.25) is 0 Å². The van der Waals surface area contributed by atoms with Crippen molar-refractivity contribution in [2.75, 3.05) is 26.4 Å². The molecule has 1 aliphatic heterocycles. The zero-order valence-electron chi connectivity index (χ0n) is 10.4. The molecule has 0 amide bonds. The molecule has 1 aromatic heterocycles. The van der Waals surface area contributed by atoms with E-state index in [1.54, 1.807) is 0 Å². The van der Waals surface area contributed by atoms with Crippen LogP contribution >= 0.6 is 0 Å². The Morgan fingerprint density at radius 2 is 2.29 bits per heavy atom. The Morgan fingerprint density at radius 1 is 1.41 bits per heavy atom. The first-order chi connectivity index (χ1) is 8.25. The molecule has 1 aromatic rings. The smallest absolute Gasteiger partial charge is 0.213 e. The lowest BCUT2D eigenvalue weighted by molar-refractivity contribution is -0.102. The first-order valence-electron chi connectivity index (χ1n) is 6.05. The van der Waals surface area contributed by atoms with Crippen molar-refractivity contribution in [3.05, 3.63) is 23.9 Å². The number of pyridine rings is 1. The van der Waals surface area contributed by atoms with Gasteiger partial charge in [-0.2, -0.15) is 0 Å². The van der Waals surface area contributed by atoms with Gasteiger partial charge in [0.1, 0.15) is 12.7 Å². The molecule has 1 atom stereocenters. The third-order valence-electron chi connectivity index (χ3n) is 2.64.